The molecule has 2 amide bonds. The molecule has 7 nitrogen and oxygen atoms in total. The Balaban J connectivity index is 1.64. The highest BCUT2D eigenvalue weighted by atomic mass is 16.5. The van der Waals surface area contributed by atoms with Crippen molar-refractivity contribution in [2.45, 2.75) is 27.7 Å². The molecule has 0 aliphatic heterocycles. The molecule has 0 unspecified atom stereocenters. The number of benzene rings is 2. The first-order valence-electron chi connectivity index (χ1n) is 9.92. The smallest absolute Gasteiger partial charge is 0.276 e. The number of aryl methyl sites for hydroxylation is 3. The van der Waals surface area contributed by atoms with Crippen molar-refractivity contribution >= 4 is 11.8 Å². The van der Waals surface area contributed by atoms with Gasteiger partial charge in [0, 0.05) is 23.1 Å². The van der Waals surface area contributed by atoms with Crippen LogP contribution < -0.4 is 20.3 Å². The second-order valence-corrected chi connectivity index (χ2v) is 7.38. The van der Waals surface area contributed by atoms with Gasteiger partial charge >= 0.3 is 0 Å². The summed E-state index contributed by atoms with van der Waals surface area (Å²) in [6.07, 6.45) is 0. The first-order valence-corrected chi connectivity index (χ1v) is 9.92. The van der Waals surface area contributed by atoms with E-state index in [0.29, 0.717) is 11.3 Å². The minimum Gasteiger partial charge on any atom is -0.497 e. The largest absolute Gasteiger partial charge is 0.497 e. The maximum atomic E-state index is 12.7. The minimum atomic E-state index is -0.448. The molecule has 0 spiro atoms. The standard InChI is InChI=1S/C24H27N3O4/c1-15-9-10-16(2)22(11-15)31-14-23(28)25-26-24(29)21-12-17(3)27(18(21)4)19-7-6-8-20(13-19)30-5/h6-13H,14H2,1-5H3,(H,25,28)(H,26,29). The van der Waals surface area contributed by atoms with Gasteiger partial charge in [0.05, 0.1) is 12.7 Å². The van der Waals surface area contributed by atoms with E-state index in [0.717, 1.165) is 34.0 Å². The molecule has 7 heteroatoms. The van der Waals surface area contributed by atoms with Crippen LogP contribution in [0.5, 0.6) is 11.5 Å². The van der Waals surface area contributed by atoms with Crippen LogP contribution >= 0.6 is 0 Å². The van der Waals surface area contributed by atoms with Crippen LogP contribution in [-0.4, -0.2) is 30.1 Å². The summed E-state index contributed by atoms with van der Waals surface area (Å²) in [6, 6.07) is 15.2. The van der Waals surface area contributed by atoms with Gasteiger partial charge in [0.2, 0.25) is 0 Å². The lowest BCUT2D eigenvalue weighted by molar-refractivity contribution is -0.123. The zero-order valence-corrected chi connectivity index (χ0v) is 18.4. The lowest BCUT2D eigenvalue weighted by atomic mass is 10.1. The topological polar surface area (TPSA) is 81.6 Å². The summed E-state index contributed by atoms with van der Waals surface area (Å²) in [5, 5.41) is 0. The van der Waals surface area contributed by atoms with E-state index in [2.05, 4.69) is 10.9 Å². The van der Waals surface area contributed by atoms with Crippen molar-refractivity contribution in [3.8, 4) is 17.2 Å². The molecule has 1 aromatic heterocycles. The first-order chi connectivity index (χ1) is 14.8. The van der Waals surface area contributed by atoms with Gasteiger partial charge < -0.3 is 14.0 Å². The average Bonchev–Trinajstić information content (AvgIpc) is 3.06. The fourth-order valence-corrected chi connectivity index (χ4v) is 3.38. The SMILES string of the molecule is COc1cccc(-n2c(C)cc(C(=O)NNC(=O)COc3cc(C)ccc3C)c2C)c1. The Morgan fingerprint density at radius 3 is 2.48 bits per heavy atom. The molecule has 1 heterocycles. The van der Waals surface area contributed by atoms with Crippen LogP contribution in [0, 0.1) is 27.7 Å². The maximum Gasteiger partial charge on any atom is 0.276 e. The van der Waals surface area contributed by atoms with Gasteiger partial charge in [0.15, 0.2) is 6.61 Å². The number of carbonyl (C=O) groups is 2. The third kappa shape index (κ3) is 5.06. The number of hydrazine groups is 1. The van der Waals surface area contributed by atoms with Crippen molar-refractivity contribution in [1.82, 2.24) is 15.4 Å². The minimum absolute atomic E-state index is 0.201. The highest BCUT2D eigenvalue weighted by molar-refractivity contribution is 5.97. The van der Waals surface area contributed by atoms with Crippen LogP contribution in [0.15, 0.2) is 48.5 Å². The monoisotopic (exact) mass is 421 g/mol. The van der Waals surface area contributed by atoms with E-state index in [-0.39, 0.29) is 6.61 Å². The molecule has 2 N–H and O–H groups in total. The quantitative estimate of drug-likeness (QED) is 0.597. The Morgan fingerprint density at radius 2 is 1.74 bits per heavy atom. The Bertz CT molecular complexity index is 1120. The fourth-order valence-electron chi connectivity index (χ4n) is 3.38. The van der Waals surface area contributed by atoms with Crippen molar-refractivity contribution in [3.05, 3.63) is 76.6 Å². The van der Waals surface area contributed by atoms with Gasteiger partial charge in [-0.15, -0.1) is 0 Å². The molecule has 0 bridgehead atoms. The summed E-state index contributed by atoms with van der Waals surface area (Å²) in [6.45, 7) is 7.43. The summed E-state index contributed by atoms with van der Waals surface area (Å²) in [5.41, 5.74) is 9.85. The molecule has 162 valence electrons. The summed E-state index contributed by atoms with van der Waals surface area (Å²) in [4.78, 5) is 24.8. The van der Waals surface area contributed by atoms with Crippen molar-refractivity contribution in [3.63, 3.8) is 0 Å². The Labute approximate surface area is 182 Å². The number of carbonyl (C=O) groups excluding carboxylic acids is 2. The molecule has 31 heavy (non-hydrogen) atoms. The number of aromatic nitrogens is 1. The van der Waals surface area contributed by atoms with E-state index >= 15 is 0 Å². The Hall–Kier alpha value is -3.74. The van der Waals surface area contributed by atoms with Crippen molar-refractivity contribution in [1.29, 1.82) is 0 Å². The number of rotatable bonds is 6. The second-order valence-electron chi connectivity index (χ2n) is 7.38. The third-order valence-corrected chi connectivity index (χ3v) is 5.01. The number of nitrogens with one attached hydrogen (secondary N) is 2. The number of nitrogens with zero attached hydrogens (tertiary/aromatic N) is 1. The average molecular weight is 421 g/mol. The maximum absolute atomic E-state index is 12.7. The normalized spacial score (nSPS) is 10.5. The lowest BCUT2D eigenvalue weighted by Gasteiger charge is -2.12. The molecule has 2 aromatic carbocycles. The number of methoxy groups -OCH3 is 1. The van der Waals surface area contributed by atoms with Crippen molar-refractivity contribution < 1.29 is 19.1 Å². The van der Waals surface area contributed by atoms with E-state index in [9.17, 15) is 9.59 Å². The molecule has 3 rings (SSSR count). The molecule has 0 saturated heterocycles. The van der Waals surface area contributed by atoms with Crippen LogP contribution in [0.1, 0.15) is 32.9 Å². The molecule has 0 aliphatic rings. The summed E-state index contributed by atoms with van der Waals surface area (Å²) in [7, 11) is 1.61. The Morgan fingerprint density at radius 1 is 0.968 bits per heavy atom. The van der Waals surface area contributed by atoms with Crippen LogP contribution in [0.25, 0.3) is 5.69 Å². The predicted octanol–water partition coefficient (Wildman–Crippen LogP) is 3.56. The van der Waals surface area contributed by atoms with Gasteiger partial charge in [0.25, 0.3) is 11.8 Å². The zero-order valence-electron chi connectivity index (χ0n) is 18.4. The van der Waals surface area contributed by atoms with Crippen LogP contribution in [0.2, 0.25) is 0 Å². The summed E-state index contributed by atoms with van der Waals surface area (Å²) in [5.74, 6) is 0.522. The molecule has 0 radical (unpaired) electrons. The predicted molar refractivity (Wildman–Crippen MR) is 119 cm³/mol. The molecule has 0 saturated carbocycles. The van der Waals surface area contributed by atoms with Gasteiger partial charge in [-0.05, 0) is 63.1 Å². The van der Waals surface area contributed by atoms with Crippen molar-refractivity contribution in [2.24, 2.45) is 0 Å². The molecule has 0 atom stereocenters. The molecular formula is C24H27N3O4. The first kappa shape index (κ1) is 22.0. The highest BCUT2D eigenvalue weighted by Gasteiger charge is 2.17. The van der Waals surface area contributed by atoms with Gasteiger partial charge in [-0.2, -0.15) is 0 Å². The van der Waals surface area contributed by atoms with Crippen molar-refractivity contribution in [2.75, 3.05) is 13.7 Å². The Kier molecular flexibility index (Phi) is 6.65. The van der Waals surface area contributed by atoms with E-state index in [1.165, 1.54) is 0 Å². The van der Waals surface area contributed by atoms with Gasteiger partial charge in [-0.1, -0.05) is 18.2 Å². The molecular weight excluding hydrogens is 394 g/mol. The van der Waals surface area contributed by atoms with Gasteiger partial charge in [-0.3, -0.25) is 20.4 Å². The molecule has 3 aromatic rings. The fraction of sp³-hybridized carbons (Fsp3) is 0.250. The van der Waals surface area contributed by atoms with Gasteiger partial charge in [-0.25, -0.2) is 0 Å². The van der Waals surface area contributed by atoms with E-state index in [1.807, 2.05) is 74.7 Å². The number of hydrogen-bond acceptors (Lipinski definition) is 4. The molecule has 0 aliphatic carbocycles. The second kappa shape index (κ2) is 9.38. The van der Waals surface area contributed by atoms with E-state index in [1.54, 1.807) is 13.2 Å². The van der Waals surface area contributed by atoms with Crippen LogP contribution in [0.4, 0.5) is 0 Å². The molecule has 0 fully saturated rings. The van der Waals surface area contributed by atoms with E-state index < -0.39 is 11.8 Å². The third-order valence-electron chi connectivity index (χ3n) is 5.01. The zero-order chi connectivity index (χ0) is 22.5. The number of amides is 2. The highest BCUT2D eigenvalue weighted by Crippen LogP contribution is 2.23. The number of hydrogen-bond donors (Lipinski definition) is 2. The number of ether oxygens (including phenoxy) is 2. The summed E-state index contributed by atoms with van der Waals surface area (Å²) >= 11 is 0. The summed E-state index contributed by atoms with van der Waals surface area (Å²) < 4.78 is 12.8. The van der Waals surface area contributed by atoms with Gasteiger partial charge in [0.1, 0.15) is 11.5 Å². The van der Waals surface area contributed by atoms with Crippen LogP contribution in [-0.2, 0) is 4.79 Å². The lowest BCUT2D eigenvalue weighted by Crippen LogP contribution is -2.44. The van der Waals surface area contributed by atoms with Crippen LogP contribution in [0.3, 0.4) is 0 Å². The van der Waals surface area contributed by atoms with E-state index in [4.69, 9.17) is 9.47 Å².